The van der Waals surface area contributed by atoms with E-state index in [1.807, 2.05) is 23.7 Å². The maximum atomic E-state index is 12.1. The Morgan fingerprint density at radius 2 is 2.07 bits per heavy atom. The van der Waals surface area contributed by atoms with Crippen molar-refractivity contribution in [3.05, 3.63) is 30.1 Å². The third kappa shape index (κ3) is 5.08. The average molecular weight is 373 g/mol. The van der Waals surface area contributed by atoms with Crippen LogP contribution < -0.4 is 10.8 Å². The lowest BCUT2D eigenvalue weighted by Gasteiger charge is -2.24. The first-order chi connectivity index (χ1) is 13.2. The van der Waals surface area contributed by atoms with Crippen molar-refractivity contribution < 1.29 is 10.0 Å². The first-order valence-corrected chi connectivity index (χ1v) is 10.3. The average Bonchev–Trinajstić information content (AvgIpc) is 3.06. The van der Waals surface area contributed by atoms with Gasteiger partial charge in [0.1, 0.15) is 5.82 Å². The molecule has 1 amide bonds. The van der Waals surface area contributed by atoms with Crippen molar-refractivity contribution >= 4 is 16.9 Å². The number of amides is 1. The van der Waals surface area contributed by atoms with Gasteiger partial charge in [-0.1, -0.05) is 38.3 Å². The van der Waals surface area contributed by atoms with Gasteiger partial charge in [-0.25, -0.2) is 10.5 Å². The highest BCUT2D eigenvalue weighted by Crippen LogP contribution is 2.23. The van der Waals surface area contributed by atoms with E-state index in [2.05, 4.69) is 22.9 Å². The lowest BCUT2D eigenvalue weighted by molar-refractivity contribution is -0.131. The lowest BCUT2D eigenvalue weighted by Crippen LogP contribution is -2.45. The molecule has 3 rings (SSSR count). The van der Waals surface area contributed by atoms with E-state index in [1.54, 1.807) is 0 Å². The number of fused-ring (bicyclic) bond motifs is 1. The Balaban J connectivity index is 1.66. The zero-order chi connectivity index (χ0) is 19.1. The van der Waals surface area contributed by atoms with Gasteiger partial charge in [-0.05, 0) is 50.3 Å². The molecule has 1 atom stereocenters. The molecule has 1 fully saturated rings. The van der Waals surface area contributed by atoms with E-state index in [-0.39, 0.29) is 5.91 Å². The van der Waals surface area contributed by atoms with Gasteiger partial charge >= 0.3 is 0 Å². The molecular weight excluding hydrogens is 340 g/mol. The zero-order valence-electron chi connectivity index (χ0n) is 16.3. The number of hydrogen-bond donors (Lipinski definition) is 3. The van der Waals surface area contributed by atoms with Gasteiger partial charge in [-0.2, -0.15) is 0 Å². The Morgan fingerprint density at radius 3 is 2.81 bits per heavy atom. The number of nitrogens with zero attached hydrogens (tertiary/aromatic N) is 2. The fraction of sp³-hybridized carbons (Fsp3) is 0.619. The number of carbonyl (C=O) groups excluding carboxylic acids is 1. The van der Waals surface area contributed by atoms with Crippen molar-refractivity contribution in [1.29, 1.82) is 0 Å². The van der Waals surface area contributed by atoms with Gasteiger partial charge < -0.3 is 9.88 Å². The molecule has 0 spiro atoms. The number of nitrogens with one attached hydrogen (secondary N) is 2. The van der Waals surface area contributed by atoms with Crippen LogP contribution in [0, 0.1) is 5.92 Å². The summed E-state index contributed by atoms with van der Waals surface area (Å²) in [5, 5.41) is 12.5. The fourth-order valence-corrected chi connectivity index (χ4v) is 4.17. The van der Waals surface area contributed by atoms with Crippen LogP contribution in [0.5, 0.6) is 0 Å². The molecule has 6 heteroatoms. The maximum absolute atomic E-state index is 12.1. The number of carbonyl (C=O) groups is 1. The number of hydroxylamine groups is 1. The summed E-state index contributed by atoms with van der Waals surface area (Å²) < 4.78 is 2.25. The van der Waals surface area contributed by atoms with Crippen molar-refractivity contribution in [3.8, 4) is 0 Å². The van der Waals surface area contributed by atoms with E-state index in [9.17, 15) is 4.79 Å². The van der Waals surface area contributed by atoms with E-state index in [1.165, 1.54) is 32.1 Å². The molecule has 6 nitrogen and oxygen atoms in total. The van der Waals surface area contributed by atoms with Gasteiger partial charge in [0.15, 0.2) is 0 Å². The molecule has 1 aliphatic carbocycles. The molecular formula is C21H32N4O2. The van der Waals surface area contributed by atoms with Gasteiger partial charge in [0, 0.05) is 13.0 Å². The summed E-state index contributed by atoms with van der Waals surface area (Å²) in [5.74, 6) is 1.29. The van der Waals surface area contributed by atoms with Crippen molar-refractivity contribution in [3.63, 3.8) is 0 Å². The number of benzene rings is 1. The Labute approximate surface area is 161 Å². The SMILES string of the molecule is CCCn1c(CCC(NCC2CCCCC2)C(=O)NO)nc2ccccc21. The Bertz CT molecular complexity index is 737. The summed E-state index contributed by atoms with van der Waals surface area (Å²) in [6, 6.07) is 7.77. The highest BCUT2D eigenvalue weighted by atomic mass is 16.5. The third-order valence-electron chi connectivity index (χ3n) is 5.64. The summed E-state index contributed by atoms with van der Waals surface area (Å²) in [6.45, 7) is 3.91. The number of aromatic nitrogens is 2. The largest absolute Gasteiger partial charge is 0.328 e. The summed E-state index contributed by atoms with van der Waals surface area (Å²) in [6.07, 6.45) is 8.70. The quantitative estimate of drug-likeness (QED) is 0.465. The van der Waals surface area contributed by atoms with Crippen LogP contribution in [0.4, 0.5) is 0 Å². The van der Waals surface area contributed by atoms with E-state index in [0.717, 1.165) is 36.4 Å². The van der Waals surface area contributed by atoms with Crippen molar-refractivity contribution in [2.45, 2.75) is 70.9 Å². The van der Waals surface area contributed by atoms with E-state index in [4.69, 9.17) is 10.2 Å². The molecule has 0 saturated heterocycles. The molecule has 148 valence electrons. The monoisotopic (exact) mass is 372 g/mol. The van der Waals surface area contributed by atoms with Crippen molar-refractivity contribution in [2.75, 3.05) is 6.54 Å². The molecule has 1 unspecified atom stereocenters. The van der Waals surface area contributed by atoms with Crippen LogP contribution in [0.1, 0.15) is 57.7 Å². The highest BCUT2D eigenvalue weighted by molar-refractivity contribution is 5.80. The van der Waals surface area contributed by atoms with Crippen LogP contribution in [-0.2, 0) is 17.8 Å². The molecule has 3 N–H and O–H groups in total. The minimum absolute atomic E-state index is 0.357. The summed E-state index contributed by atoms with van der Waals surface area (Å²) >= 11 is 0. The van der Waals surface area contributed by atoms with Crippen LogP contribution in [-0.4, -0.2) is 33.3 Å². The summed E-state index contributed by atoms with van der Waals surface area (Å²) in [4.78, 5) is 16.9. The number of para-hydroxylation sites is 2. The zero-order valence-corrected chi connectivity index (χ0v) is 16.3. The molecule has 2 aromatic rings. The number of aryl methyl sites for hydroxylation is 2. The standard InChI is InChI=1S/C21H32N4O2/c1-2-14-25-19-11-7-6-10-17(19)23-20(25)13-12-18(21(26)24-27)22-15-16-8-4-3-5-9-16/h6-7,10-11,16,18,22,27H,2-5,8-9,12-15H2,1H3,(H,24,26). The van der Waals surface area contributed by atoms with Crippen LogP contribution in [0.2, 0.25) is 0 Å². The molecule has 0 aliphatic heterocycles. The Hall–Kier alpha value is -1.92. The Kier molecular flexibility index (Phi) is 7.24. The van der Waals surface area contributed by atoms with E-state index < -0.39 is 6.04 Å². The van der Waals surface area contributed by atoms with Gasteiger partial charge in [0.05, 0.1) is 17.1 Å². The normalized spacial score (nSPS) is 16.5. The minimum Gasteiger partial charge on any atom is -0.328 e. The van der Waals surface area contributed by atoms with E-state index in [0.29, 0.717) is 18.8 Å². The van der Waals surface area contributed by atoms with Gasteiger partial charge in [-0.3, -0.25) is 10.0 Å². The number of rotatable bonds is 9. The number of imidazole rings is 1. The fourth-order valence-electron chi connectivity index (χ4n) is 4.17. The topological polar surface area (TPSA) is 79.2 Å². The molecule has 0 bridgehead atoms. The summed E-state index contributed by atoms with van der Waals surface area (Å²) in [7, 11) is 0. The van der Waals surface area contributed by atoms with Crippen LogP contribution in [0.3, 0.4) is 0 Å². The first-order valence-electron chi connectivity index (χ1n) is 10.3. The van der Waals surface area contributed by atoms with E-state index >= 15 is 0 Å². The molecule has 1 aromatic carbocycles. The summed E-state index contributed by atoms with van der Waals surface area (Å²) in [5.41, 5.74) is 3.97. The second kappa shape index (κ2) is 9.85. The van der Waals surface area contributed by atoms with Crippen molar-refractivity contribution in [2.24, 2.45) is 5.92 Å². The van der Waals surface area contributed by atoms with Crippen LogP contribution in [0.15, 0.2) is 24.3 Å². The van der Waals surface area contributed by atoms with Gasteiger partial charge in [0.25, 0.3) is 5.91 Å². The van der Waals surface area contributed by atoms with Crippen LogP contribution >= 0.6 is 0 Å². The molecule has 1 aromatic heterocycles. The molecule has 0 radical (unpaired) electrons. The number of hydrogen-bond acceptors (Lipinski definition) is 4. The Morgan fingerprint density at radius 1 is 1.30 bits per heavy atom. The maximum Gasteiger partial charge on any atom is 0.260 e. The molecule has 27 heavy (non-hydrogen) atoms. The van der Waals surface area contributed by atoms with Crippen molar-refractivity contribution in [1.82, 2.24) is 20.3 Å². The predicted molar refractivity (Wildman–Crippen MR) is 107 cm³/mol. The first kappa shape index (κ1) is 19.8. The molecule has 1 heterocycles. The van der Waals surface area contributed by atoms with Gasteiger partial charge in [0.2, 0.25) is 0 Å². The lowest BCUT2D eigenvalue weighted by atomic mass is 9.89. The van der Waals surface area contributed by atoms with Crippen LogP contribution in [0.25, 0.3) is 11.0 Å². The smallest absolute Gasteiger partial charge is 0.260 e. The minimum atomic E-state index is -0.396. The third-order valence-corrected chi connectivity index (χ3v) is 5.64. The second-order valence-corrected chi connectivity index (χ2v) is 7.65. The molecule has 1 saturated carbocycles. The van der Waals surface area contributed by atoms with Gasteiger partial charge in [-0.15, -0.1) is 0 Å². The predicted octanol–water partition coefficient (Wildman–Crippen LogP) is 3.42. The second-order valence-electron chi connectivity index (χ2n) is 7.65. The molecule has 1 aliphatic rings. The highest BCUT2D eigenvalue weighted by Gasteiger charge is 2.22.